The fourth-order valence-corrected chi connectivity index (χ4v) is 2.49. The van der Waals surface area contributed by atoms with Crippen molar-refractivity contribution in [3.05, 3.63) is 71.8 Å². The van der Waals surface area contributed by atoms with E-state index in [2.05, 4.69) is 5.32 Å². The molecule has 0 radical (unpaired) electrons. The Morgan fingerprint density at radius 3 is 1.90 bits per heavy atom. The van der Waals surface area contributed by atoms with Crippen molar-refractivity contribution in [2.45, 2.75) is 45.9 Å². The van der Waals surface area contributed by atoms with Gasteiger partial charge in [-0.1, -0.05) is 74.5 Å². The molecule has 0 heterocycles. The Bertz CT molecular complexity index is 791. The van der Waals surface area contributed by atoms with Gasteiger partial charge in [-0.2, -0.15) is 0 Å². The number of carbonyl (C=O) groups is 3. The van der Waals surface area contributed by atoms with Crippen LogP contribution in [0.5, 0.6) is 0 Å². The lowest BCUT2D eigenvalue weighted by Crippen LogP contribution is -2.45. The van der Waals surface area contributed by atoms with E-state index in [0.717, 1.165) is 11.1 Å². The minimum Gasteiger partial charge on any atom is -0.461 e. The first-order valence-corrected chi connectivity index (χ1v) is 9.70. The molecule has 29 heavy (non-hydrogen) atoms. The van der Waals surface area contributed by atoms with Crippen molar-refractivity contribution in [1.82, 2.24) is 5.32 Å². The summed E-state index contributed by atoms with van der Waals surface area (Å²) in [5, 5.41) is 2.62. The van der Waals surface area contributed by atoms with Gasteiger partial charge in [0.15, 0.2) is 0 Å². The smallest absolute Gasteiger partial charge is 0.329 e. The van der Waals surface area contributed by atoms with Crippen molar-refractivity contribution < 1.29 is 23.9 Å². The molecule has 6 heteroatoms. The van der Waals surface area contributed by atoms with Gasteiger partial charge in [0.05, 0.1) is 6.42 Å². The first kappa shape index (κ1) is 22.1. The molecule has 0 fully saturated rings. The zero-order chi connectivity index (χ0) is 21.1. The van der Waals surface area contributed by atoms with Crippen LogP contribution >= 0.6 is 0 Å². The third kappa shape index (κ3) is 7.78. The fourth-order valence-electron chi connectivity index (χ4n) is 2.49. The van der Waals surface area contributed by atoms with Crippen molar-refractivity contribution in [2.75, 3.05) is 0 Å². The zero-order valence-corrected chi connectivity index (χ0v) is 16.8. The molecule has 0 saturated carbocycles. The average molecular weight is 397 g/mol. The monoisotopic (exact) mass is 397 g/mol. The van der Waals surface area contributed by atoms with E-state index in [1.54, 1.807) is 6.92 Å². The molecule has 2 atom stereocenters. The lowest BCUT2D eigenvalue weighted by Gasteiger charge is -2.19. The summed E-state index contributed by atoms with van der Waals surface area (Å²) in [5.41, 5.74) is 1.66. The first-order chi connectivity index (χ1) is 14.0. The third-order valence-corrected chi connectivity index (χ3v) is 4.50. The Balaban J connectivity index is 1.96. The largest absolute Gasteiger partial charge is 0.461 e. The number of esters is 2. The van der Waals surface area contributed by atoms with Gasteiger partial charge in [-0.15, -0.1) is 0 Å². The van der Waals surface area contributed by atoms with Gasteiger partial charge in [0.2, 0.25) is 5.91 Å². The van der Waals surface area contributed by atoms with E-state index in [9.17, 15) is 14.4 Å². The molecule has 2 aromatic rings. The summed E-state index contributed by atoms with van der Waals surface area (Å²) in [6, 6.07) is 17.3. The number of carbonyl (C=O) groups excluding carboxylic acids is 3. The number of hydrogen-bond acceptors (Lipinski definition) is 5. The van der Waals surface area contributed by atoms with E-state index >= 15 is 0 Å². The van der Waals surface area contributed by atoms with Gasteiger partial charge in [-0.25, -0.2) is 4.79 Å². The molecule has 0 saturated heterocycles. The summed E-state index contributed by atoms with van der Waals surface area (Å²) in [6.45, 7) is 3.80. The molecule has 0 aromatic heterocycles. The molecule has 0 spiro atoms. The quantitative estimate of drug-likeness (QED) is 0.622. The predicted molar refractivity (Wildman–Crippen MR) is 108 cm³/mol. The minimum atomic E-state index is -1.09. The van der Waals surface area contributed by atoms with E-state index in [1.807, 2.05) is 67.6 Å². The highest BCUT2D eigenvalue weighted by Gasteiger charge is 2.27. The van der Waals surface area contributed by atoms with Gasteiger partial charge in [0, 0.05) is 5.92 Å². The maximum Gasteiger partial charge on any atom is 0.329 e. The molecule has 0 aliphatic heterocycles. The van der Waals surface area contributed by atoms with Gasteiger partial charge in [0.25, 0.3) is 0 Å². The lowest BCUT2D eigenvalue weighted by molar-refractivity contribution is -0.155. The van der Waals surface area contributed by atoms with Crippen molar-refractivity contribution in [3.8, 4) is 0 Å². The van der Waals surface area contributed by atoms with E-state index in [1.165, 1.54) is 0 Å². The van der Waals surface area contributed by atoms with Gasteiger partial charge in [-0.05, 0) is 17.5 Å². The Labute approximate surface area is 171 Å². The van der Waals surface area contributed by atoms with Crippen molar-refractivity contribution in [2.24, 2.45) is 5.92 Å². The van der Waals surface area contributed by atoms with E-state index in [4.69, 9.17) is 9.47 Å². The van der Waals surface area contributed by atoms with Gasteiger partial charge < -0.3 is 14.8 Å². The number of rotatable bonds is 10. The maximum absolute atomic E-state index is 12.5. The van der Waals surface area contributed by atoms with Crippen molar-refractivity contribution in [1.29, 1.82) is 0 Å². The highest BCUT2D eigenvalue weighted by Crippen LogP contribution is 2.08. The van der Waals surface area contributed by atoms with E-state index in [-0.39, 0.29) is 31.5 Å². The molecule has 2 rings (SSSR count). The van der Waals surface area contributed by atoms with Crippen molar-refractivity contribution in [3.63, 3.8) is 0 Å². The highest BCUT2D eigenvalue weighted by molar-refractivity contribution is 5.88. The summed E-state index contributed by atoms with van der Waals surface area (Å²) >= 11 is 0. The molecule has 1 amide bonds. The molecular formula is C23H27NO5. The average Bonchev–Trinajstić information content (AvgIpc) is 2.76. The third-order valence-electron chi connectivity index (χ3n) is 4.50. The minimum absolute atomic E-state index is 0.0639. The Morgan fingerprint density at radius 1 is 0.862 bits per heavy atom. The summed E-state index contributed by atoms with van der Waals surface area (Å²) in [4.78, 5) is 37.0. The second-order valence-corrected chi connectivity index (χ2v) is 6.81. The van der Waals surface area contributed by atoms with Gasteiger partial charge in [0.1, 0.15) is 19.3 Å². The van der Waals surface area contributed by atoms with Crippen LogP contribution in [0.1, 0.15) is 37.8 Å². The Hall–Kier alpha value is -3.15. The summed E-state index contributed by atoms with van der Waals surface area (Å²) < 4.78 is 10.5. The Kier molecular flexibility index (Phi) is 8.89. The number of benzene rings is 2. The predicted octanol–water partition coefficient (Wildman–Crippen LogP) is 3.39. The van der Waals surface area contributed by atoms with Crippen LogP contribution in [0.4, 0.5) is 0 Å². The number of amides is 1. The van der Waals surface area contributed by atoms with Crippen LogP contribution in [0.3, 0.4) is 0 Å². The van der Waals surface area contributed by atoms with Gasteiger partial charge in [-0.3, -0.25) is 9.59 Å². The Morgan fingerprint density at radius 2 is 1.38 bits per heavy atom. The maximum atomic E-state index is 12.5. The first-order valence-electron chi connectivity index (χ1n) is 9.70. The van der Waals surface area contributed by atoms with Crippen LogP contribution in [-0.4, -0.2) is 23.9 Å². The SMILES string of the molecule is CC[C@H](C)C(=O)N[C@H](CC(=O)OCc1ccccc1)C(=O)OCc1ccccc1. The normalized spacial score (nSPS) is 12.5. The second kappa shape index (κ2) is 11.6. The summed E-state index contributed by atoms with van der Waals surface area (Å²) in [7, 11) is 0. The van der Waals surface area contributed by atoms with Crippen LogP contribution in [0.2, 0.25) is 0 Å². The molecule has 0 unspecified atom stereocenters. The van der Waals surface area contributed by atoms with Crippen LogP contribution in [-0.2, 0) is 37.1 Å². The van der Waals surface area contributed by atoms with E-state index < -0.39 is 18.0 Å². The topological polar surface area (TPSA) is 81.7 Å². The molecule has 0 aliphatic carbocycles. The van der Waals surface area contributed by atoms with Crippen LogP contribution in [0.15, 0.2) is 60.7 Å². The van der Waals surface area contributed by atoms with Crippen LogP contribution in [0.25, 0.3) is 0 Å². The molecule has 154 valence electrons. The fraction of sp³-hybridized carbons (Fsp3) is 0.348. The molecule has 1 N–H and O–H groups in total. The lowest BCUT2D eigenvalue weighted by atomic mass is 10.1. The molecule has 0 bridgehead atoms. The zero-order valence-electron chi connectivity index (χ0n) is 16.8. The number of ether oxygens (including phenoxy) is 2. The van der Waals surface area contributed by atoms with E-state index in [0.29, 0.717) is 6.42 Å². The molecule has 0 aliphatic rings. The molecule has 2 aromatic carbocycles. The summed E-state index contributed by atoms with van der Waals surface area (Å²) in [6.07, 6.45) is 0.332. The second-order valence-electron chi connectivity index (χ2n) is 6.81. The molecule has 6 nitrogen and oxygen atoms in total. The highest BCUT2D eigenvalue weighted by atomic mass is 16.5. The summed E-state index contributed by atoms with van der Waals surface area (Å²) in [5.74, 6) is -1.83. The van der Waals surface area contributed by atoms with Crippen LogP contribution < -0.4 is 5.32 Å². The van der Waals surface area contributed by atoms with Crippen LogP contribution in [0, 0.1) is 5.92 Å². The van der Waals surface area contributed by atoms with Crippen molar-refractivity contribution >= 4 is 17.8 Å². The standard InChI is InChI=1S/C23H27NO5/c1-3-17(2)22(26)24-20(23(27)29-16-19-12-8-5-9-13-19)14-21(25)28-15-18-10-6-4-7-11-18/h4-13,17,20H,3,14-16H2,1-2H3,(H,24,26)/t17-,20+/m0/s1. The number of nitrogens with one attached hydrogen (secondary N) is 1. The number of hydrogen-bond donors (Lipinski definition) is 1. The van der Waals surface area contributed by atoms with Gasteiger partial charge >= 0.3 is 11.9 Å². The molecular weight excluding hydrogens is 370 g/mol.